The van der Waals surface area contributed by atoms with Gasteiger partial charge in [-0.05, 0) is 77.8 Å². The fourth-order valence-electron chi connectivity index (χ4n) is 3.75. The number of ether oxygens (including phenoxy) is 1. The van der Waals surface area contributed by atoms with E-state index in [0.29, 0.717) is 18.4 Å². The smallest absolute Gasteiger partial charge is 0.407 e. The van der Waals surface area contributed by atoms with Crippen molar-refractivity contribution in [3.8, 4) is 0 Å². The molecule has 2 atom stereocenters. The van der Waals surface area contributed by atoms with E-state index < -0.39 is 11.6 Å². The first-order chi connectivity index (χ1) is 11.2. The first-order valence-corrected chi connectivity index (χ1v) is 9.15. The van der Waals surface area contributed by atoms with E-state index in [2.05, 4.69) is 10.2 Å². The molecule has 2 fully saturated rings. The third kappa shape index (κ3) is 6.30. The minimum Gasteiger partial charge on any atom is -0.481 e. The lowest BCUT2D eigenvalue weighted by molar-refractivity contribution is -0.141. The van der Waals surface area contributed by atoms with Gasteiger partial charge in [0.25, 0.3) is 0 Å². The van der Waals surface area contributed by atoms with E-state index in [0.717, 1.165) is 51.7 Å². The number of carbonyl (C=O) groups excluding carboxylic acids is 1. The normalized spacial score (nSPS) is 26.3. The number of carboxylic acids is 1. The molecule has 1 aliphatic heterocycles. The first kappa shape index (κ1) is 19.0. The Bertz CT molecular complexity index is 439. The Hall–Kier alpha value is -1.30. The first-order valence-electron chi connectivity index (χ1n) is 9.15. The lowest BCUT2D eigenvalue weighted by atomic mass is 9.95. The third-order valence-electron chi connectivity index (χ3n) is 5.05. The molecule has 2 N–H and O–H groups in total. The summed E-state index contributed by atoms with van der Waals surface area (Å²) in [4.78, 5) is 25.2. The fourth-order valence-corrected chi connectivity index (χ4v) is 3.75. The zero-order chi connectivity index (χ0) is 17.7. The number of nitrogens with zero attached hydrogens (tertiary/aromatic N) is 1. The van der Waals surface area contributed by atoms with Gasteiger partial charge in [0, 0.05) is 13.1 Å². The van der Waals surface area contributed by atoms with Crippen LogP contribution in [0, 0.1) is 17.8 Å². The molecule has 1 heterocycles. The van der Waals surface area contributed by atoms with Crippen LogP contribution in [0.15, 0.2) is 0 Å². The van der Waals surface area contributed by atoms with Gasteiger partial charge in [0.2, 0.25) is 0 Å². The number of nitrogens with one attached hydrogen (secondary N) is 1. The Labute approximate surface area is 144 Å². The van der Waals surface area contributed by atoms with Crippen molar-refractivity contribution in [2.45, 2.75) is 58.5 Å². The number of aliphatic carboxylic acids is 1. The van der Waals surface area contributed by atoms with Crippen molar-refractivity contribution in [1.29, 1.82) is 0 Å². The van der Waals surface area contributed by atoms with Crippen LogP contribution >= 0.6 is 0 Å². The van der Waals surface area contributed by atoms with Gasteiger partial charge in [0.1, 0.15) is 5.60 Å². The number of hydrogen-bond donors (Lipinski definition) is 2. The van der Waals surface area contributed by atoms with Gasteiger partial charge in [-0.25, -0.2) is 4.79 Å². The van der Waals surface area contributed by atoms with Gasteiger partial charge in [-0.15, -0.1) is 0 Å². The minimum absolute atomic E-state index is 0.134. The Kier molecular flexibility index (Phi) is 6.49. The van der Waals surface area contributed by atoms with Crippen LogP contribution in [0.4, 0.5) is 4.79 Å². The van der Waals surface area contributed by atoms with E-state index in [4.69, 9.17) is 9.84 Å². The summed E-state index contributed by atoms with van der Waals surface area (Å²) in [6.07, 6.45) is 4.51. The van der Waals surface area contributed by atoms with Crippen LogP contribution < -0.4 is 5.32 Å². The summed E-state index contributed by atoms with van der Waals surface area (Å²) in [7, 11) is 0. The van der Waals surface area contributed by atoms with Gasteiger partial charge in [0.15, 0.2) is 0 Å². The van der Waals surface area contributed by atoms with E-state index in [1.807, 2.05) is 20.8 Å². The Balaban J connectivity index is 1.62. The largest absolute Gasteiger partial charge is 0.481 e. The van der Waals surface area contributed by atoms with Crippen molar-refractivity contribution >= 4 is 12.1 Å². The predicted octanol–water partition coefficient (Wildman–Crippen LogP) is 2.72. The summed E-state index contributed by atoms with van der Waals surface area (Å²) in [6.45, 7) is 9.36. The number of alkyl carbamates (subject to hydrolysis) is 1. The molecule has 0 aromatic heterocycles. The quantitative estimate of drug-likeness (QED) is 0.804. The van der Waals surface area contributed by atoms with E-state index in [9.17, 15) is 9.59 Å². The summed E-state index contributed by atoms with van der Waals surface area (Å²) in [5.41, 5.74) is -0.456. The highest BCUT2D eigenvalue weighted by Gasteiger charge is 2.31. The summed E-state index contributed by atoms with van der Waals surface area (Å²) >= 11 is 0. The molecule has 24 heavy (non-hydrogen) atoms. The van der Waals surface area contributed by atoms with Gasteiger partial charge in [-0.2, -0.15) is 0 Å². The van der Waals surface area contributed by atoms with E-state index in [-0.39, 0.29) is 12.0 Å². The molecular weight excluding hydrogens is 308 g/mol. The van der Waals surface area contributed by atoms with Crippen LogP contribution in [0.1, 0.15) is 52.9 Å². The number of carbonyl (C=O) groups is 2. The molecular formula is C18H32N2O4. The maximum absolute atomic E-state index is 11.7. The summed E-state index contributed by atoms with van der Waals surface area (Å²) in [5.74, 6) is 0.265. The van der Waals surface area contributed by atoms with E-state index in [1.165, 1.54) is 0 Å². The number of hydrogen-bond acceptors (Lipinski definition) is 4. The standard InChI is InChI=1S/C18H32N2O4/c1-18(2,3)24-17(23)19-11-13-6-8-20(9-7-13)12-14-4-5-15(10-14)16(21)22/h13-15H,4-12H2,1-3H3,(H,19,23)(H,21,22). The van der Waals surface area contributed by atoms with Crippen LogP contribution in [0.2, 0.25) is 0 Å². The monoisotopic (exact) mass is 340 g/mol. The number of carboxylic acid groups (broad SMARTS) is 1. The lowest BCUT2D eigenvalue weighted by Gasteiger charge is -2.33. The highest BCUT2D eigenvalue weighted by Crippen LogP contribution is 2.32. The molecule has 1 aliphatic carbocycles. The molecule has 1 saturated carbocycles. The van der Waals surface area contributed by atoms with E-state index >= 15 is 0 Å². The van der Waals surface area contributed by atoms with Crippen LogP contribution in [-0.4, -0.2) is 53.8 Å². The number of amides is 1. The summed E-state index contributed by atoms with van der Waals surface area (Å²) in [6, 6.07) is 0. The predicted molar refractivity (Wildman–Crippen MR) is 91.9 cm³/mol. The summed E-state index contributed by atoms with van der Waals surface area (Å²) < 4.78 is 5.26. The highest BCUT2D eigenvalue weighted by molar-refractivity contribution is 5.70. The van der Waals surface area contributed by atoms with Crippen molar-refractivity contribution in [3.05, 3.63) is 0 Å². The molecule has 2 aliphatic rings. The topological polar surface area (TPSA) is 78.9 Å². The molecule has 0 radical (unpaired) electrons. The molecule has 2 unspecified atom stereocenters. The average molecular weight is 340 g/mol. The Morgan fingerprint density at radius 1 is 1.12 bits per heavy atom. The van der Waals surface area contributed by atoms with Gasteiger partial charge in [-0.3, -0.25) is 4.79 Å². The maximum atomic E-state index is 11.7. The second-order valence-corrected chi connectivity index (χ2v) is 8.34. The molecule has 1 amide bonds. The van der Waals surface area contributed by atoms with Gasteiger partial charge in [-0.1, -0.05) is 0 Å². The van der Waals surface area contributed by atoms with Crippen molar-refractivity contribution in [2.24, 2.45) is 17.8 Å². The van der Waals surface area contributed by atoms with Crippen LogP contribution in [0.3, 0.4) is 0 Å². The second-order valence-electron chi connectivity index (χ2n) is 8.34. The van der Waals surface area contributed by atoms with Crippen molar-refractivity contribution in [1.82, 2.24) is 10.2 Å². The van der Waals surface area contributed by atoms with Crippen molar-refractivity contribution < 1.29 is 19.4 Å². The average Bonchev–Trinajstić information content (AvgIpc) is 2.93. The molecule has 6 heteroatoms. The molecule has 2 rings (SSSR count). The van der Waals surface area contributed by atoms with Gasteiger partial charge in [0.05, 0.1) is 5.92 Å². The van der Waals surface area contributed by atoms with E-state index in [1.54, 1.807) is 0 Å². The number of likely N-dealkylation sites (tertiary alicyclic amines) is 1. The number of piperidine rings is 1. The molecule has 138 valence electrons. The molecule has 6 nitrogen and oxygen atoms in total. The fraction of sp³-hybridized carbons (Fsp3) is 0.889. The molecule has 0 aromatic carbocycles. The van der Waals surface area contributed by atoms with Crippen LogP contribution in [-0.2, 0) is 9.53 Å². The zero-order valence-corrected chi connectivity index (χ0v) is 15.2. The van der Waals surface area contributed by atoms with Crippen molar-refractivity contribution in [2.75, 3.05) is 26.2 Å². The lowest BCUT2D eigenvalue weighted by Crippen LogP contribution is -2.41. The molecule has 1 saturated heterocycles. The second kappa shape index (κ2) is 8.19. The zero-order valence-electron chi connectivity index (χ0n) is 15.2. The molecule has 0 aromatic rings. The number of rotatable bonds is 5. The van der Waals surface area contributed by atoms with Crippen LogP contribution in [0.25, 0.3) is 0 Å². The van der Waals surface area contributed by atoms with Crippen molar-refractivity contribution in [3.63, 3.8) is 0 Å². The summed E-state index contributed by atoms with van der Waals surface area (Å²) in [5, 5.41) is 12.0. The Morgan fingerprint density at radius 2 is 1.79 bits per heavy atom. The van der Waals surface area contributed by atoms with Gasteiger partial charge < -0.3 is 20.1 Å². The molecule has 0 bridgehead atoms. The minimum atomic E-state index is -0.635. The molecule has 0 spiro atoms. The Morgan fingerprint density at radius 3 is 2.33 bits per heavy atom. The SMILES string of the molecule is CC(C)(C)OC(=O)NCC1CCN(CC2CCC(C(=O)O)C2)CC1. The van der Waals surface area contributed by atoms with Gasteiger partial charge >= 0.3 is 12.1 Å². The highest BCUT2D eigenvalue weighted by atomic mass is 16.6. The third-order valence-corrected chi connectivity index (χ3v) is 5.05. The maximum Gasteiger partial charge on any atom is 0.407 e. The van der Waals surface area contributed by atoms with Crippen LogP contribution in [0.5, 0.6) is 0 Å².